The van der Waals surface area contributed by atoms with Crippen LogP contribution in [0.5, 0.6) is 0 Å². The Balaban J connectivity index is 1.56. The number of carbonyl (C=O) groups excluding carboxylic acids is 1. The van der Waals surface area contributed by atoms with Crippen LogP contribution in [0, 0.1) is 23.2 Å². The van der Waals surface area contributed by atoms with Crippen molar-refractivity contribution in [3.05, 3.63) is 46.5 Å². The van der Waals surface area contributed by atoms with Crippen molar-refractivity contribution in [3.8, 4) is 0 Å². The molecular formula is C19H21BrO. The van der Waals surface area contributed by atoms with Gasteiger partial charge in [-0.05, 0) is 79.9 Å². The fourth-order valence-corrected chi connectivity index (χ4v) is 5.87. The number of hydrogen-bond acceptors (Lipinski definition) is 1. The number of rotatable bonds is 3. The summed E-state index contributed by atoms with van der Waals surface area (Å²) in [7, 11) is 0. The lowest BCUT2D eigenvalue weighted by atomic mass is 9.49. The summed E-state index contributed by atoms with van der Waals surface area (Å²) in [5.41, 5.74) is 1.12. The molecule has 4 aliphatic carbocycles. The predicted molar refractivity (Wildman–Crippen MR) is 88.2 cm³/mol. The molecule has 5 rings (SSSR count). The number of allylic oxidation sites excluding steroid dienone is 2. The van der Waals surface area contributed by atoms with Crippen molar-refractivity contribution in [2.45, 2.75) is 38.5 Å². The van der Waals surface area contributed by atoms with Crippen molar-refractivity contribution in [2.24, 2.45) is 23.2 Å². The van der Waals surface area contributed by atoms with Crippen LogP contribution in [0.15, 0.2) is 40.9 Å². The van der Waals surface area contributed by atoms with E-state index in [0.717, 1.165) is 27.8 Å². The zero-order valence-electron chi connectivity index (χ0n) is 12.2. The van der Waals surface area contributed by atoms with Gasteiger partial charge in [-0.2, -0.15) is 0 Å². The van der Waals surface area contributed by atoms with Gasteiger partial charge in [0.25, 0.3) is 0 Å². The fraction of sp³-hybridized carbons (Fsp3) is 0.526. The second-order valence-electron chi connectivity index (χ2n) is 7.46. The van der Waals surface area contributed by atoms with Gasteiger partial charge in [0.2, 0.25) is 0 Å². The van der Waals surface area contributed by atoms with Gasteiger partial charge in [-0.1, -0.05) is 34.1 Å². The molecule has 2 heteroatoms. The molecule has 0 aromatic heterocycles. The number of hydrogen-bond donors (Lipinski definition) is 0. The molecule has 1 nitrogen and oxygen atoms in total. The molecule has 4 saturated carbocycles. The first kappa shape index (κ1) is 13.8. The van der Waals surface area contributed by atoms with Crippen molar-refractivity contribution in [3.63, 3.8) is 0 Å². The number of halogens is 1. The summed E-state index contributed by atoms with van der Waals surface area (Å²) in [6.07, 6.45) is 12.4. The maximum Gasteiger partial charge on any atom is 0.186 e. The van der Waals surface area contributed by atoms with Gasteiger partial charge in [-0.3, -0.25) is 4.79 Å². The summed E-state index contributed by atoms with van der Waals surface area (Å²) in [6, 6.07) is 7.71. The van der Waals surface area contributed by atoms with Crippen LogP contribution in [-0.4, -0.2) is 5.78 Å². The summed E-state index contributed by atoms with van der Waals surface area (Å²) in [5, 5.41) is 0. The van der Waals surface area contributed by atoms with Gasteiger partial charge in [-0.25, -0.2) is 0 Å². The third-order valence-electron chi connectivity index (χ3n) is 5.81. The van der Waals surface area contributed by atoms with E-state index >= 15 is 0 Å². The van der Waals surface area contributed by atoms with Gasteiger partial charge in [0, 0.05) is 10.0 Å². The van der Waals surface area contributed by atoms with Gasteiger partial charge in [-0.15, -0.1) is 0 Å². The lowest BCUT2D eigenvalue weighted by Crippen LogP contribution is -2.45. The van der Waals surface area contributed by atoms with E-state index in [0.29, 0.717) is 5.41 Å². The van der Waals surface area contributed by atoms with Crippen LogP contribution in [0.25, 0.3) is 0 Å². The zero-order valence-corrected chi connectivity index (χ0v) is 13.8. The average molecular weight is 345 g/mol. The second kappa shape index (κ2) is 5.08. The zero-order chi connectivity index (χ0) is 14.4. The summed E-state index contributed by atoms with van der Waals surface area (Å²) < 4.78 is 0.894. The highest BCUT2D eigenvalue weighted by Crippen LogP contribution is 2.60. The number of carbonyl (C=O) groups is 1. The molecule has 0 aliphatic heterocycles. The van der Waals surface area contributed by atoms with E-state index in [-0.39, 0.29) is 5.78 Å². The second-order valence-corrected chi connectivity index (χ2v) is 8.31. The first-order chi connectivity index (χ1) is 10.1. The number of benzene rings is 1. The predicted octanol–water partition coefficient (Wildman–Crippen LogP) is 5.40. The van der Waals surface area contributed by atoms with Crippen LogP contribution < -0.4 is 0 Å². The lowest BCUT2D eigenvalue weighted by Gasteiger charge is -2.55. The lowest BCUT2D eigenvalue weighted by molar-refractivity contribution is -0.0238. The van der Waals surface area contributed by atoms with E-state index in [9.17, 15) is 4.79 Å². The van der Waals surface area contributed by atoms with Gasteiger partial charge in [0.1, 0.15) is 0 Å². The molecule has 0 spiro atoms. The summed E-state index contributed by atoms with van der Waals surface area (Å²) >= 11 is 3.48. The highest BCUT2D eigenvalue weighted by molar-refractivity contribution is 9.10. The largest absolute Gasteiger partial charge is 0.289 e. The molecule has 110 valence electrons. The Morgan fingerprint density at radius 2 is 1.62 bits per heavy atom. The average Bonchev–Trinajstić information content (AvgIpc) is 2.44. The summed E-state index contributed by atoms with van der Waals surface area (Å²) in [4.78, 5) is 12.4. The monoisotopic (exact) mass is 344 g/mol. The Bertz CT molecular complexity index is 566. The molecule has 0 atom stereocenters. The molecule has 0 radical (unpaired) electrons. The first-order valence-electron chi connectivity index (χ1n) is 8.12. The van der Waals surface area contributed by atoms with Crippen molar-refractivity contribution < 1.29 is 4.79 Å². The topological polar surface area (TPSA) is 17.1 Å². The van der Waals surface area contributed by atoms with E-state index in [4.69, 9.17) is 0 Å². The fourth-order valence-electron chi connectivity index (χ4n) is 5.39. The first-order valence-corrected chi connectivity index (χ1v) is 8.91. The molecule has 4 bridgehead atoms. The third kappa shape index (κ3) is 2.52. The Labute approximate surface area is 134 Å². The van der Waals surface area contributed by atoms with Crippen LogP contribution in [0.4, 0.5) is 0 Å². The van der Waals surface area contributed by atoms with Gasteiger partial charge in [0.15, 0.2) is 5.78 Å². The Kier molecular flexibility index (Phi) is 3.33. The molecular weight excluding hydrogens is 324 g/mol. The van der Waals surface area contributed by atoms with Crippen LogP contribution in [0.1, 0.15) is 48.9 Å². The van der Waals surface area contributed by atoms with E-state index in [1.807, 2.05) is 30.3 Å². The molecule has 4 fully saturated rings. The van der Waals surface area contributed by atoms with Crippen molar-refractivity contribution in [2.75, 3.05) is 0 Å². The minimum atomic E-state index is 0.137. The van der Waals surface area contributed by atoms with E-state index < -0.39 is 0 Å². The van der Waals surface area contributed by atoms with Crippen molar-refractivity contribution in [1.82, 2.24) is 0 Å². The van der Waals surface area contributed by atoms with E-state index in [2.05, 4.69) is 22.0 Å². The van der Waals surface area contributed by atoms with Crippen molar-refractivity contribution in [1.29, 1.82) is 0 Å². The van der Waals surface area contributed by atoms with E-state index in [1.165, 1.54) is 38.5 Å². The molecule has 0 unspecified atom stereocenters. The molecule has 21 heavy (non-hydrogen) atoms. The van der Waals surface area contributed by atoms with Crippen LogP contribution in [-0.2, 0) is 0 Å². The minimum absolute atomic E-state index is 0.137. The SMILES string of the molecule is O=C(C=CC12CC3CC(CC(C3)C1)C2)c1ccccc1Br. The smallest absolute Gasteiger partial charge is 0.186 e. The summed E-state index contributed by atoms with van der Waals surface area (Å²) in [6.45, 7) is 0. The van der Waals surface area contributed by atoms with Gasteiger partial charge < -0.3 is 0 Å². The maximum absolute atomic E-state index is 12.4. The van der Waals surface area contributed by atoms with Crippen LogP contribution >= 0.6 is 15.9 Å². The molecule has 0 heterocycles. The molecule has 0 N–H and O–H groups in total. The molecule has 4 aliphatic rings. The molecule has 1 aromatic rings. The standard InChI is InChI=1S/C19H21BrO/c20-17-4-2-1-3-16(17)18(21)5-6-19-10-13-7-14(11-19)9-15(8-13)12-19/h1-6,13-15H,7-12H2. The third-order valence-corrected chi connectivity index (χ3v) is 6.50. The molecule has 0 saturated heterocycles. The highest BCUT2D eigenvalue weighted by Gasteiger charge is 2.49. The van der Waals surface area contributed by atoms with Gasteiger partial charge >= 0.3 is 0 Å². The van der Waals surface area contributed by atoms with Gasteiger partial charge in [0.05, 0.1) is 0 Å². The van der Waals surface area contributed by atoms with Crippen LogP contribution in [0.3, 0.4) is 0 Å². The Hall–Kier alpha value is -0.890. The normalized spacial score (nSPS) is 37.3. The summed E-state index contributed by atoms with van der Waals surface area (Å²) in [5.74, 6) is 2.93. The molecule has 0 amide bonds. The Morgan fingerprint density at radius 1 is 1.05 bits per heavy atom. The minimum Gasteiger partial charge on any atom is -0.289 e. The maximum atomic E-state index is 12.4. The molecule has 1 aromatic carbocycles. The van der Waals surface area contributed by atoms with Crippen LogP contribution in [0.2, 0.25) is 0 Å². The highest BCUT2D eigenvalue weighted by atomic mass is 79.9. The Morgan fingerprint density at radius 3 is 2.19 bits per heavy atom. The van der Waals surface area contributed by atoms with Crippen molar-refractivity contribution >= 4 is 21.7 Å². The quantitative estimate of drug-likeness (QED) is 0.529. The number of ketones is 1. The van der Waals surface area contributed by atoms with E-state index in [1.54, 1.807) is 0 Å².